The highest BCUT2D eigenvalue weighted by atomic mass is 16.5. The van der Waals surface area contributed by atoms with E-state index >= 15 is 0 Å². The largest absolute Gasteiger partial charge is 0.497 e. The predicted molar refractivity (Wildman–Crippen MR) is 118 cm³/mol. The number of hydrogen-bond acceptors (Lipinski definition) is 4. The fraction of sp³-hybridized carbons (Fsp3) is 0.280. The van der Waals surface area contributed by atoms with Gasteiger partial charge in [0.05, 0.1) is 19.9 Å². The van der Waals surface area contributed by atoms with E-state index in [0.29, 0.717) is 38.2 Å². The van der Waals surface area contributed by atoms with Gasteiger partial charge >= 0.3 is 0 Å². The van der Waals surface area contributed by atoms with Crippen LogP contribution in [0.2, 0.25) is 0 Å². The van der Waals surface area contributed by atoms with Crippen LogP contribution in [0.4, 0.5) is 5.69 Å². The Bertz CT molecular complexity index is 992. The van der Waals surface area contributed by atoms with Crippen LogP contribution in [0.3, 0.4) is 0 Å². The molecule has 0 spiro atoms. The summed E-state index contributed by atoms with van der Waals surface area (Å²) in [5.41, 5.74) is 1.90. The van der Waals surface area contributed by atoms with Crippen molar-refractivity contribution in [1.82, 2.24) is 4.90 Å². The van der Waals surface area contributed by atoms with Crippen LogP contribution in [-0.2, 0) is 11.3 Å². The van der Waals surface area contributed by atoms with Crippen LogP contribution < -0.4 is 9.64 Å². The fourth-order valence-electron chi connectivity index (χ4n) is 3.93. The van der Waals surface area contributed by atoms with Crippen LogP contribution in [-0.4, -0.2) is 36.9 Å². The van der Waals surface area contributed by atoms with E-state index < -0.39 is 0 Å². The van der Waals surface area contributed by atoms with Crippen molar-refractivity contribution in [3.05, 3.63) is 84.3 Å². The summed E-state index contributed by atoms with van der Waals surface area (Å²) in [6.07, 6.45) is 2.76. The first-order valence-corrected chi connectivity index (χ1v) is 10.5. The van der Waals surface area contributed by atoms with E-state index in [2.05, 4.69) is 0 Å². The minimum absolute atomic E-state index is 0.0825. The summed E-state index contributed by atoms with van der Waals surface area (Å²) in [4.78, 5) is 29.7. The van der Waals surface area contributed by atoms with E-state index in [1.165, 1.54) is 6.26 Å². The number of benzene rings is 2. The van der Waals surface area contributed by atoms with Gasteiger partial charge in [0, 0.05) is 24.7 Å². The smallest absolute Gasteiger partial charge is 0.289 e. The standard InChI is InChI=1S/C25H26N2O4/c1-30-22-11-9-21(10-12-22)27(18-19-6-3-2-4-7-19)24(28)20-13-15-26(16-14-20)25(29)23-8-5-17-31-23/h2-12,17,20H,13-16,18H2,1H3. The number of amides is 2. The van der Waals surface area contributed by atoms with Crippen molar-refractivity contribution in [2.75, 3.05) is 25.1 Å². The number of furan rings is 1. The Morgan fingerprint density at radius 1 is 1.00 bits per heavy atom. The molecule has 1 aliphatic rings. The van der Waals surface area contributed by atoms with Crippen molar-refractivity contribution < 1.29 is 18.7 Å². The third-order valence-corrected chi connectivity index (χ3v) is 5.70. The first-order valence-electron chi connectivity index (χ1n) is 10.5. The predicted octanol–water partition coefficient (Wildman–Crippen LogP) is 4.37. The highest BCUT2D eigenvalue weighted by molar-refractivity contribution is 5.95. The first kappa shape index (κ1) is 20.7. The summed E-state index contributed by atoms with van der Waals surface area (Å²) in [5.74, 6) is 0.923. The average molecular weight is 418 g/mol. The molecule has 1 aliphatic heterocycles. The van der Waals surface area contributed by atoms with Gasteiger partial charge in [-0.25, -0.2) is 0 Å². The lowest BCUT2D eigenvalue weighted by Crippen LogP contribution is -2.44. The van der Waals surface area contributed by atoms with E-state index in [0.717, 1.165) is 17.0 Å². The molecule has 0 unspecified atom stereocenters. The van der Waals surface area contributed by atoms with Gasteiger partial charge in [0.15, 0.2) is 5.76 Å². The number of hydrogen-bond donors (Lipinski definition) is 0. The second-order valence-electron chi connectivity index (χ2n) is 7.65. The van der Waals surface area contributed by atoms with Crippen LogP contribution in [0.15, 0.2) is 77.4 Å². The molecular weight excluding hydrogens is 392 g/mol. The number of carbonyl (C=O) groups is 2. The van der Waals surface area contributed by atoms with Crippen LogP contribution >= 0.6 is 0 Å². The molecule has 0 aliphatic carbocycles. The van der Waals surface area contributed by atoms with Gasteiger partial charge in [-0.15, -0.1) is 0 Å². The van der Waals surface area contributed by atoms with Crippen LogP contribution in [0.25, 0.3) is 0 Å². The maximum atomic E-state index is 13.5. The summed E-state index contributed by atoms with van der Waals surface area (Å²) in [6.45, 7) is 1.58. The summed E-state index contributed by atoms with van der Waals surface area (Å²) >= 11 is 0. The summed E-state index contributed by atoms with van der Waals surface area (Å²) < 4.78 is 10.5. The van der Waals surface area contributed by atoms with Gasteiger partial charge in [0.1, 0.15) is 5.75 Å². The van der Waals surface area contributed by atoms with Crippen molar-refractivity contribution in [3.8, 4) is 5.75 Å². The zero-order chi connectivity index (χ0) is 21.6. The third kappa shape index (κ3) is 4.79. The zero-order valence-corrected chi connectivity index (χ0v) is 17.6. The zero-order valence-electron chi connectivity index (χ0n) is 17.6. The molecule has 0 N–H and O–H groups in total. The molecule has 2 heterocycles. The molecular formula is C25H26N2O4. The Hall–Kier alpha value is -3.54. The summed E-state index contributed by atoms with van der Waals surface area (Å²) in [5, 5.41) is 0. The lowest BCUT2D eigenvalue weighted by molar-refractivity contribution is -0.123. The van der Waals surface area contributed by atoms with Crippen LogP contribution in [0.5, 0.6) is 5.75 Å². The average Bonchev–Trinajstić information content (AvgIpc) is 3.38. The minimum atomic E-state index is -0.133. The third-order valence-electron chi connectivity index (χ3n) is 5.70. The summed E-state index contributed by atoms with van der Waals surface area (Å²) in [6, 6.07) is 20.9. The van der Waals surface area contributed by atoms with Crippen LogP contribution in [0, 0.1) is 5.92 Å². The monoisotopic (exact) mass is 418 g/mol. The van der Waals surface area contributed by atoms with E-state index in [1.54, 1.807) is 24.1 Å². The molecule has 0 bridgehead atoms. The van der Waals surface area contributed by atoms with Gasteiger partial charge in [-0.3, -0.25) is 9.59 Å². The number of rotatable bonds is 6. The lowest BCUT2D eigenvalue weighted by atomic mass is 9.94. The molecule has 3 aromatic rings. The van der Waals surface area contributed by atoms with Crippen molar-refractivity contribution in [2.45, 2.75) is 19.4 Å². The molecule has 1 saturated heterocycles. The number of methoxy groups -OCH3 is 1. The van der Waals surface area contributed by atoms with Crippen molar-refractivity contribution in [3.63, 3.8) is 0 Å². The molecule has 2 amide bonds. The molecule has 1 fully saturated rings. The Labute approximate surface area is 182 Å². The normalized spacial score (nSPS) is 14.3. The Balaban J connectivity index is 1.48. The Kier molecular flexibility index (Phi) is 6.36. The molecule has 160 valence electrons. The number of piperidine rings is 1. The Morgan fingerprint density at radius 3 is 2.32 bits per heavy atom. The minimum Gasteiger partial charge on any atom is -0.497 e. The second-order valence-corrected chi connectivity index (χ2v) is 7.65. The number of carbonyl (C=O) groups excluding carboxylic acids is 2. The number of ether oxygens (including phenoxy) is 1. The van der Waals surface area contributed by atoms with E-state index in [9.17, 15) is 9.59 Å². The van der Waals surface area contributed by atoms with Crippen molar-refractivity contribution >= 4 is 17.5 Å². The SMILES string of the molecule is COc1ccc(N(Cc2ccccc2)C(=O)C2CCN(C(=O)c3ccco3)CC2)cc1. The molecule has 6 nitrogen and oxygen atoms in total. The molecule has 1 aromatic heterocycles. The molecule has 6 heteroatoms. The van der Waals surface area contributed by atoms with Gasteiger partial charge in [-0.1, -0.05) is 30.3 Å². The van der Waals surface area contributed by atoms with Crippen molar-refractivity contribution in [1.29, 1.82) is 0 Å². The first-order chi connectivity index (χ1) is 15.2. The molecule has 4 rings (SSSR count). The molecule has 0 atom stereocenters. The lowest BCUT2D eigenvalue weighted by Gasteiger charge is -2.34. The highest BCUT2D eigenvalue weighted by Crippen LogP contribution is 2.27. The van der Waals surface area contributed by atoms with Gasteiger partial charge in [-0.2, -0.15) is 0 Å². The van der Waals surface area contributed by atoms with E-state index in [1.807, 2.05) is 59.5 Å². The van der Waals surface area contributed by atoms with Crippen molar-refractivity contribution in [2.24, 2.45) is 5.92 Å². The number of nitrogens with zero attached hydrogens (tertiary/aromatic N) is 2. The van der Waals surface area contributed by atoms with Gasteiger partial charge in [-0.05, 0) is 54.8 Å². The van der Waals surface area contributed by atoms with E-state index in [4.69, 9.17) is 9.15 Å². The van der Waals surface area contributed by atoms with Gasteiger partial charge in [0.2, 0.25) is 5.91 Å². The second kappa shape index (κ2) is 9.51. The maximum Gasteiger partial charge on any atom is 0.289 e. The topological polar surface area (TPSA) is 63.0 Å². The van der Waals surface area contributed by atoms with Crippen LogP contribution in [0.1, 0.15) is 29.0 Å². The fourth-order valence-corrected chi connectivity index (χ4v) is 3.93. The number of anilines is 1. The van der Waals surface area contributed by atoms with Gasteiger partial charge < -0.3 is 19.0 Å². The maximum absolute atomic E-state index is 13.5. The Morgan fingerprint density at radius 2 is 1.71 bits per heavy atom. The molecule has 0 saturated carbocycles. The quantitative estimate of drug-likeness (QED) is 0.596. The van der Waals surface area contributed by atoms with Gasteiger partial charge in [0.25, 0.3) is 5.91 Å². The number of likely N-dealkylation sites (tertiary alicyclic amines) is 1. The van der Waals surface area contributed by atoms with E-state index in [-0.39, 0.29) is 17.7 Å². The highest BCUT2D eigenvalue weighted by Gasteiger charge is 2.32. The summed E-state index contributed by atoms with van der Waals surface area (Å²) in [7, 11) is 1.62. The molecule has 0 radical (unpaired) electrons. The molecule has 2 aromatic carbocycles. The molecule has 31 heavy (non-hydrogen) atoms.